The van der Waals surface area contributed by atoms with E-state index in [2.05, 4.69) is 4.98 Å². The predicted octanol–water partition coefficient (Wildman–Crippen LogP) is 0.165. The molecule has 1 aromatic heterocycles. The van der Waals surface area contributed by atoms with Crippen LogP contribution in [0.25, 0.3) is 0 Å². The van der Waals surface area contributed by atoms with E-state index in [4.69, 9.17) is 5.73 Å². The van der Waals surface area contributed by atoms with E-state index >= 15 is 0 Å². The minimum Gasteiger partial charge on any atom is -0.356 e. The van der Waals surface area contributed by atoms with Gasteiger partial charge in [0.15, 0.2) is 5.78 Å². The van der Waals surface area contributed by atoms with Gasteiger partial charge < -0.3 is 10.7 Å². The van der Waals surface area contributed by atoms with Crippen molar-refractivity contribution in [3.63, 3.8) is 0 Å². The van der Waals surface area contributed by atoms with Gasteiger partial charge in [0.25, 0.3) is 5.91 Å². The number of Topliss-reactive ketones (excluding diaryl/α,β-unsaturated/α-hetero) is 1. The summed E-state index contributed by atoms with van der Waals surface area (Å²) >= 11 is 0. The molecule has 0 aliphatic heterocycles. The van der Waals surface area contributed by atoms with Gasteiger partial charge in [0.1, 0.15) is 5.69 Å². The molecular formula is C11H15N3O3. The Kier molecular flexibility index (Phi) is 4.17. The van der Waals surface area contributed by atoms with Gasteiger partial charge in [-0.25, -0.2) is 0 Å². The van der Waals surface area contributed by atoms with Crippen molar-refractivity contribution in [1.29, 1.82) is 0 Å². The third-order valence-electron chi connectivity index (χ3n) is 2.30. The normalized spacial score (nSPS) is 10.1. The average molecular weight is 237 g/mol. The van der Waals surface area contributed by atoms with Crippen molar-refractivity contribution in [3.05, 3.63) is 23.5 Å². The van der Waals surface area contributed by atoms with E-state index in [-0.39, 0.29) is 30.5 Å². The van der Waals surface area contributed by atoms with E-state index in [0.717, 1.165) is 4.90 Å². The first-order valence-corrected chi connectivity index (χ1v) is 5.19. The maximum atomic E-state index is 11.9. The highest BCUT2D eigenvalue weighted by Crippen LogP contribution is 2.07. The van der Waals surface area contributed by atoms with Crippen molar-refractivity contribution in [3.8, 4) is 0 Å². The van der Waals surface area contributed by atoms with Gasteiger partial charge in [-0.2, -0.15) is 0 Å². The molecule has 0 fully saturated rings. The number of carbonyl (C=O) groups excluding carboxylic acids is 3. The van der Waals surface area contributed by atoms with Crippen LogP contribution in [0.1, 0.15) is 34.7 Å². The number of imide groups is 1. The molecule has 3 N–H and O–H groups in total. The number of H-pyrrole nitrogens is 1. The number of hydrogen-bond donors (Lipinski definition) is 2. The Labute approximate surface area is 98.8 Å². The Morgan fingerprint density at radius 2 is 2.00 bits per heavy atom. The molecule has 0 spiro atoms. The van der Waals surface area contributed by atoms with Crippen LogP contribution in [0, 0.1) is 0 Å². The second-order valence-corrected chi connectivity index (χ2v) is 3.62. The maximum absolute atomic E-state index is 11.9. The summed E-state index contributed by atoms with van der Waals surface area (Å²) in [5, 5.41) is 0. The summed E-state index contributed by atoms with van der Waals surface area (Å²) in [7, 11) is 0. The average Bonchev–Trinajstić information content (AvgIpc) is 2.73. The number of aromatic amines is 1. The summed E-state index contributed by atoms with van der Waals surface area (Å²) < 4.78 is 0. The molecule has 1 heterocycles. The van der Waals surface area contributed by atoms with Gasteiger partial charge in [-0.05, 0) is 13.0 Å². The van der Waals surface area contributed by atoms with Gasteiger partial charge in [0.05, 0.1) is 0 Å². The summed E-state index contributed by atoms with van der Waals surface area (Å²) in [6.07, 6.45) is 1.44. The zero-order valence-corrected chi connectivity index (χ0v) is 9.82. The molecule has 1 rings (SSSR count). The fourth-order valence-corrected chi connectivity index (χ4v) is 1.40. The lowest BCUT2D eigenvalue weighted by Gasteiger charge is -2.16. The molecule has 0 atom stereocenters. The Morgan fingerprint density at radius 3 is 2.41 bits per heavy atom. The van der Waals surface area contributed by atoms with Crippen molar-refractivity contribution in [2.24, 2.45) is 5.73 Å². The Bertz CT molecular complexity index is 451. The van der Waals surface area contributed by atoms with E-state index in [0.29, 0.717) is 5.56 Å². The van der Waals surface area contributed by atoms with Crippen LogP contribution in [0.4, 0.5) is 0 Å². The molecule has 17 heavy (non-hydrogen) atoms. The van der Waals surface area contributed by atoms with Crippen molar-refractivity contribution >= 4 is 17.6 Å². The Balaban J connectivity index is 2.93. The minimum atomic E-state index is -0.476. The van der Waals surface area contributed by atoms with Gasteiger partial charge in [-0.3, -0.25) is 19.3 Å². The molecule has 0 saturated heterocycles. The van der Waals surface area contributed by atoms with E-state index in [1.807, 2.05) is 0 Å². The third kappa shape index (κ3) is 3.01. The molecule has 0 saturated carbocycles. The zero-order valence-electron chi connectivity index (χ0n) is 9.82. The number of amides is 2. The molecule has 6 heteroatoms. The Morgan fingerprint density at radius 1 is 1.35 bits per heavy atom. The lowest BCUT2D eigenvalue weighted by Crippen LogP contribution is -2.39. The van der Waals surface area contributed by atoms with E-state index in [9.17, 15) is 14.4 Å². The summed E-state index contributed by atoms with van der Waals surface area (Å²) in [6.45, 7) is 3.05. The first-order chi connectivity index (χ1) is 7.97. The first kappa shape index (κ1) is 13.1. The summed E-state index contributed by atoms with van der Waals surface area (Å²) in [5.74, 6) is -0.997. The van der Waals surface area contributed by atoms with Crippen LogP contribution in [-0.2, 0) is 4.79 Å². The molecule has 1 aromatic rings. The standard InChI is InChI=1S/C11H15N3O3/c1-7(15)9-5-10(13-6-9)11(17)14(4-3-12)8(2)16/h5-6,13H,3-4,12H2,1-2H3. The second kappa shape index (κ2) is 5.40. The highest BCUT2D eigenvalue weighted by Gasteiger charge is 2.20. The number of aromatic nitrogens is 1. The Hall–Kier alpha value is -1.95. The van der Waals surface area contributed by atoms with Crippen molar-refractivity contribution in [1.82, 2.24) is 9.88 Å². The summed E-state index contributed by atoms with van der Waals surface area (Å²) in [4.78, 5) is 38.0. The van der Waals surface area contributed by atoms with Crippen LogP contribution < -0.4 is 5.73 Å². The molecule has 0 aliphatic carbocycles. The van der Waals surface area contributed by atoms with Crippen LogP contribution in [-0.4, -0.2) is 40.6 Å². The fraction of sp³-hybridized carbons (Fsp3) is 0.364. The smallest absolute Gasteiger partial charge is 0.276 e. The number of nitrogens with zero attached hydrogens (tertiary/aromatic N) is 1. The molecule has 2 amide bonds. The molecule has 6 nitrogen and oxygen atoms in total. The highest BCUT2D eigenvalue weighted by atomic mass is 16.2. The second-order valence-electron chi connectivity index (χ2n) is 3.62. The van der Waals surface area contributed by atoms with E-state index < -0.39 is 5.91 Å². The molecule has 0 radical (unpaired) electrons. The molecule has 0 unspecified atom stereocenters. The number of hydrogen-bond acceptors (Lipinski definition) is 4. The number of nitrogens with two attached hydrogens (primary N) is 1. The predicted molar refractivity (Wildman–Crippen MR) is 61.6 cm³/mol. The van der Waals surface area contributed by atoms with Crippen LogP contribution in [0.15, 0.2) is 12.3 Å². The van der Waals surface area contributed by atoms with Gasteiger partial charge in [-0.15, -0.1) is 0 Å². The van der Waals surface area contributed by atoms with Crippen LogP contribution in [0.2, 0.25) is 0 Å². The quantitative estimate of drug-likeness (QED) is 0.729. The van der Waals surface area contributed by atoms with Gasteiger partial charge in [-0.1, -0.05) is 0 Å². The molecule has 0 aromatic carbocycles. The molecule has 92 valence electrons. The SMILES string of the molecule is CC(=O)c1c[nH]c(C(=O)N(CCN)C(C)=O)c1. The number of carbonyl (C=O) groups is 3. The van der Waals surface area contributed by atoms with E-state index in [1.165, 1.54) is 26.1 Å². The monoisotopic (exact) mass is 237 g/mol. The number of ketones is 1. The fourth-order valence-electron chi connectivity index (χ4n) is 1.40. The maximum Gasteiger partial charge on any atom is 0.276 e. The molecule has 0 bridgehead atoms. The lowest BCUT2D eigenvalue weighted by atomic mass is 10.2. The lowest BCUT2D eigenvalue weighted by molar-refractivity contribution is -0.126. The zero-order chi connectivity index (χ0) is 13.0. The van der Waals surface area contributed by atoms with Crippen molar-refractivity contribution in [2.45, 2.75) is 13.8 Å². The molecule has 0 aliphatic rings. The van der Waals surface area contributed by atoms with Crippen LogP contribution in [0.3, 0.4) is 0 Å². The van der Waals surface area contributed by atoms with Gasteiger partial charge >= 0.3 is 0 Å². The third-order valence-corrected chi connectivity index (χ3v) is 2.30. The minimum absolute atomic E-state index is 0.145. The van der Waals surface area contributed by atoms with Gasteiger partial charge in [0.2, 0.25) is 5.91 Å². The van der Waals surface area contributed by atoms with Gasteiger partial charge in [0, 0.05) is 31.8 Å². The van der Waals surface area contributed by atoms with Crippen LogP contribution in [0.5, 0.6) is 0 Å². The van der Waals surface area contributed by atoms with Crippen molar-refractivity contribution in [2.75, 3.05) is 13.1 Å². The number of rotatable bonds is 4. The molecular weight excluding hydrogens is 222 g/mol. The topological polar surface area (TPSA) is 96.3 Å². The largest absolute Gasteiger partial charge is 0.356 e. The number of nitrogens with one attached hydrogen (secondary N) is 1. The van der Waals surface area contributed by atoms with E-state index in [1.54, 1.807) is 0 Å². The highest BCUT2D eigenvalue weighted by molar-refractivity contribution is 6.05. The first-order valence-electron chi connectivity index (χ1n) is 5.19. The van der Waals surface area contributed by atoms with Crippen LogP contribution >= 0.6 is 0 Å². The summed E-state index contributed by atoms with van der Waals surface area (Å²) in [6, 6.07) is 1.43. The summed E-state index contributed by atoms with van der Waals surface area (Å²) in [5.41, 5.74) is 5.94. The van der Waals surface area contributed by atoms with Crippen molar-refractivity contribution < 1.29 is 14.4 Å².